The topological polar surface area (TPSA) is 64.6 Å². The molecular formula is C19H19Cl2NO4. The smallest absolute Gasteiger partial charge is 0.347 e. The van der Waals surface area contributed by atoms with Gasteiger partial charge in [0.2, 0.25) is 0 Å². The fraction of sp³-hybridized carbons (Fsp3) is 0.263. The fourth-order valence-corrected chi connectivity index (χ4v) is 2.55. The molecule has 1 N–H and O–H groups in total. The van der Waals surface area contributed by atoms with Gasteiger partial charge in [0, 0.05) is 10.7 Å². The van der Waals surface area contributed by atoms with Crippen LogP contribution in [0.3, 0.4) is 0 Å². The van der Waals surface area contributed by atoms with Crippen LogP contribution in [0.4, 0.5) is 5.69 Å². The number of aryl methyl sites for hydroxylation is 1. The van der Waals surface area contributed by atoms with Crippen molar-refractivity contribution in [3.05, 3.63) is 58.1 Å². The molecule has 138 valence electrons. The Bertz CT molecular complexity index is 810. The van der Waals surface area contributed by atoms with Gasteiger partial charge < -0.3 is 14.8 Å². The van der Waals surface area contributed by atoms with Crippen LogP contribution in [0.5, 0.6) is 5.75 Å². The molecule has 1 amide bonds. The maximum atomic E-state index is 12.2. The van der Waals surface area contributed by atoms with E-state index in [4.69, 9.17) is 32.7 Å². The Hall–Kier alpha value is -2.24. The molecule has 2 atom stereocenters. The number of hydrogen-bond acceptors (Lipinski definition) is 4. The van der Waals surface area contributed by atoms with E-state index in [1.807, 2.05) is 25.1 Å². The average Bonchev–Trinajstić information content (AvgIpc) is 2.57. The quantitative estimate of drug-likeness (QED) is 0.723. The van der Waals surface area contributed by atoms with Crippen molar-refractivity contribution in [3.8, 4) is 5.75 Å². The van der Waals surface area contributed by atoms with Crippen LogP contribution in [0.15, 0.2) is 42.5 Å². The van der Waals surface area contributed by atoms with Crippen molar-refractivity contribution in [2.45, 2.75) is 33.0 Å². The summed E-state index contributed by atoms with van der Waals surface area (Å²) in [4.78, 5) is 24.3. The van der Waals surface area contributed by atoms with E-state index in [2.05, 4.69) is 5.32 Å². The number of rotatable bonds is 6. The number of amides is 1. The van der Waals surface area contributed by atoms with E-state index >= 15 is 0 Å². The Morgan fingerprint density at radius 1 is 1.04 bits per heavy atom. The third-order valence-corrected chi connectivity index (χ3v) is 4.01. The number of ether oxygens (including phenoxy) is 2. The van der Waals surface area contributed by atoms with Crippen molar-refractivity contribution >= 4 is 40.8 Å². The highest BCUT2D eigenvalue weighted by Crippen LogP contribution is 2.28. The van der Waals surface area contributed by atoms with Crippen molar-refractivity contribution in [2.75, 3.05) is 5.32 Å². The lowest BCUT2D eigenvalue weighted by Crippen LogP contribution is -2.35. The summed E-state index contributed by atoms with van der Waals surface area (Å²) in [7, 11) is 0. The fourth-order valence-electron chi connectivity index (χ4n) is 2.10. The summed E-state index contributed by atoms with van der Waals surface area (Å²) in [5.74, 6) is -0.805. The molecule has 7 heteroatoms. The van der Waals surface area contributed by atoms with Crippen molar-refractivity contribution in [1.82, 2.24) is 0 Å². The molecule has 0 fully saturated rings. The lowest BCUT2D eigenvalue weighted by atomic mass is 10.2. The van der Waals surface area contributed by atoms with Gasteiger partial charge in [-0.2, -0.15) is 0 Å². The Kier molecular flexibility index (Phi) is 6.89. The van der Waals surface area contributed by atoms with Crippen molar-refractivity contribution in [2.24, 2.45) is 0 Å². The van der Waals surface area contributed by atoms with E-state index in [9.17, 15) is 9.59 Å². The van der Waals surface area contributed by atoms with Gasteiger partial charge in [-0.3, -0.25) is 4.79 Å². The third kappa shape index (κ3) is 5.64. The second kappa shape index (κ2) is 8.92. The summed E-state index contributed by atoms with van der Waals surface area (Å²) in [5, 5.41) is 3.44. The summed E-state index contributed by atoms with van der Waals surface area (Å²) < 4.78 is 10.6. The summed E-state index contributed by atoms with van der Waals surface area (Å²) in [5.41, 5.74) is 1.64. The SMILES string of the molecule is Cc1cccc(NC(=O)[C@H](C)OC(=O)[C@H](C)Oc2ccc(Cl)cc2Cl)c1. The van der Waals surface area contributed by atoms with Crippen LogP contribution in [-0.4, -0.2) is 24.1 Å². The molecule has 2 aromatic rings. The molecule has 0 saturated heterocycles. The monoisotopic (exact) mass is 395 g/mol. The lowest BCUT2D eigenvalue weighted by Gasteiger charge is -2.18. The molecular weight excluding hydrogens is 377 g/mol. The van der Waals surface area contributed by atoms with Crippen LogP contribution in [0, 0.1) is 6.92 Å². The number of esters is 1. The lowest BCUT2D eigenvalue weighted by molar-refractivity contribution is -0.159. The molecule has 5 nitrogen and oxygen atoms in total. The maximum absolute atomic E-state index is 12.2. The van der Waals surface area contributed by atoms with Crippen molar-refractivity contribution < 1.29 is 19.1 Å². The average molecular weight is 396 g/mol. The molecule has 0 unspecified atom stereocenters. The molecule has 0 aliphatic carbocycles. The van der Waals surface area contributed by atoms with E-state index in [1.54, 1.807) is 18.2 Å². The van der Waals surface area contributed by atoms with Crippen LogP contribution in [0.1, 0.15) is 19.4 Å². The van der Waals surface area contributed by atoms with E-state index in [0.29, 0.717) is 16.5 Å². The van der Waals surface area contributed by atoms with Crippen LogP contribution in [0.2, 0.25) is 10.0 Å². The van der Waals surface area contributed by atoms with Gasteiger partial charge in [0.15, 0.2) is 12.2 Å². The predicted octanol–water partition coefficient (Wildman–Crippen LogP) is 4.64. The minimum absolute atomic E-state index is 0.280. The standard InChI is InChI=1S/C19H19Cl2NO4/c1-11-5-4-6-15(9-11)22-18(23)12(2)26-19(24)13(3)25-17-8-7-14(20)10-16(17)21/h4-10,12-13H,1-3H3,(H,22,23)/t12-,13-/m0/s1. The molecule has 0 aromatic heterocycles. The number of halogens is 2. The highest BCUT2D eigenvalue weighted by atomic mass is 35.5. The van der Waals surface area contributed by atoms with E-state index in [0.717, 1.165) is 5.56 Å². The van der Waals surface area contributed by atoms with Gasteiger partial charge in [0.25, 0.3) is 5.91 Å². The molecule has 0 spiro atoms. The minimum atomic E-state index is -0.977. The van der Waals surface area contributed by atoms with Crippen molar-refractivity contribution in [3.63, 3.8) is 0 Å². The molecule has 2 aromatic carbocycles. The molecule has 26 heavy (non-hydrogen) atoms. The third-order valence-electron chi connectivity index (χ3n) is 3.48. The number of carbonyl (C=O) groups is 2. The maximum Gasteiger partial charge on any atom is 0.347 e. The second-order valence-corrected chi connectivity index (χ2v) is 6.62. The summed E-state index contributed by atoms with van der Waals surface area (Å²) >= 11 is 11.8. The van der Waals surface area contributed by atoms with Gasteiger partial charge >= 0.3 is 5.97 Å². The number of nitrogens with one attached hydrogen (secondary N) is 1. The number of hydrogen-bond donors (Lipinski definition) is 1. The molecule has 0 radical (unpaired) electrons. The zero-order chi connectivity index (χ0) is 19.3. The highest BCUT2D eigenvalue weighted by molar-refractivity contribution is 6.35. The normalized spacial score (nSPS) is 12.8. The van der Waals surface area contributed by atoms with Gasteiger partial charge in [0.05, 0.1) is 5.02 Å². The Balaban J connectivity index is 1.91. The Morgan fingerprint density at radius 3 is 2.42 bits per heavy atom. The van der Waals surface area contributed by atoms with Gasteiger partial charge in [-0.05, 0) is 56.7 Å². The molecule has 0 aliphatic heterocycles. The zero-order valence-electron chi connectivity index (χ0n) is 14.6. The van der Waals surface area contributed by atoms with Gasteiger partial charge in [0.1, 0.15) is 5.75 Å². The second-order valence-electron chi connectivity index (χ2n) is 5.77. The molecule has 0 heterocycles. The van der Waals surface area contributed by atoms with Crippen LogP contribution in [0.25, 0.3) is 0 Å². The number of carbonyl (C=O) groups excluding carboxylic acids is 2. The van der Waals surface area contributed by atoms with Crippen LogP contribution in [-0.2, 0) is 14.3 Å². The van der Waals surface area contributed by atoms with Crippen LogP contribution >= 0.6 is 23.2 Å². The molecule has 0 saturated carbocycles. The number of benzene rings is 2. The molecule has 0 bridgehead atoms. The van der Waals surface area contributed by atoms with E-state index in [-0.39, 0.29) is 5.02 Å². The first-order valence-electron chi connectivity index (χ1n) is 7.96. The Labute approximate surface area is 162 Å². The minimum Gasteiger partial charge on any atom is -0.477 e. The summed E-state index contributed by atoms with van der Waals surface area (Å²) in [6.45, 7) is 4.92. The first-order valence-corrected chi connectivity index (χ1v) is 8.71. The van der Waals surface area contributed by atoms with Crippen LogP contribution < -0.4 is 10.1 Å². The zero-order valence-corrected chi connectivity index (χ0v) is 16.1. The first-order chi connectivity index (χ1) is 12.3. The van der Waals surface area contributed by atoms with Gasteiger partial charge in [-0.25, -0.2) is 4.79 Å². The summed E-state index contributed by atoms with van der Waals surface area (Å²) in [6.07, 6.45) is -1.92. The van der Waals surface area contributed by atoms with Gasteiger partial charge in [-0.15, -0.1) is 0 Å². The van der Waals surface area contributed by atoms with Crippen molar-refractivity contribution in [1.29, 1.82) is 0 Å². The highest BCUT2D eigenvalue weighted by Gasteiger charge is 2.24. The predicted molar refractivity (Wildman–Crippen MR) is 102 cm³/mol. The van der Waals surface area contributed by atoms with Gasteiger partial charge in [-0.1, -0.05) is 35.3 Å². The first kappa shape index (κ1) is 20.1. The number of anilines is 1. The molecule has 0 aliphatic rings. The Morgan fingerprint density at radius 2 is 1.77 bits per heavy atom. The van der Waals surface area contributed by atoms with E-state index in [1.165, 1.54) is 19.9 Å². The molecule has 2 rings (SSSR count). The summed E-state index contributed by atoms with van der Waals surface area (Å²) in [6, 6.07) is 12.0. The van der Waals surface area contributed by atoms with E-state index < -0.39 is 24.1 Å². The largest absolute Gasteiger partial charge is 0.477 e.